The number of halogens is 1. The van der Waals surface area contributed by atoms with Crippen molar-refractivity contribution in [3.05, 3.63) is 29.6 Å². The van der Waals surface area contributed by atoms with E-state index in [4.69, 9.17) is 10.00 Å². The van der Waals surface area contributed by atoms with Gasteiger partial charge in [-0.15, -0.1) is 0 Å². The second-order valence-corrected chi connectivity index (χ2v) is 6.65. The highest BCUT2D eigenvalue weighted by molar-refractivity contribution is 7.89. The van der Waals surface area contributed by atoms with Gasteiger partial charge in [-0.1, -0.05) is 6.07 Å². The highest BCUT2D eigenvalue weighted by Gasteiger charge is 2.40. The van der Waals surface area contributed by atoms with Crippen LogP contribution in [-0.2, 0) is 14.8 Å². The summed E-state index contributed by atoms with van der Waals surface area (Å²) in [5.41, 5.74) is -1.86. The highest BCUT2D eigenvalue weighted by Crippen LogP contribution is 2.26. The molecule has 2 N–H and O–H groups in total. The molecule has 0 amide bonds. The minimum atomic E-state index is -4.10. The zero-order chi connectivity index (χ0) is 15.7. The van der Waals surface area contributed by atoms with Crippen molar-refractivity contribution in [2.45, 2.75) is 29.9 Å². The van der Waals surface area contributed by atoms with Gasteiger partial charge >= 0.3 is 0 Å². The third-order valence-electron chi connectivity index (χ3n) is 3.60. The zero-order valence-electron chi connectivity index (χ0n) is 11.3. The van der Waals surface area contributed by atoms with Crippen molar-refractivity contribution in [3.63, 3.8) is 0 Å². The van der Waals surface area contributed by atoms with Crippen molar-refractivity contribution < 1.29 is 22.7 Å². The summed E-state index contributed by atoms with van der Waals surface area (Å²) in [6.07, 6.45) is -0.214. The first-order valence-electron chi connectivity index (χ1n) is 6.32. The average molecular weight is 314 g/mol. The van der Waals surface area contributed by atoms with Crippen LogP contribution in [0.1, 0.15) is 18.9 Å². The fourth-order valence-electron chi connectivity index (χ4n) is 2.14. The summed E-state index contributed by atoms with van der Waals surface area (Å²) in [4.78, 5) is -0.444. The van der Waals surface area contributed by atoms with Gasteiger partial charge in [-0.3, -0.25) is 0 Å². The van der Waals surface area contributed by atoms with Gasteiger partial charge in [-0.25, -0.2) is 17.5 Å². The Morgan fingerprint density at radius 3 is 2.90 bits per heavy atom. The Kier molecular flexibility index (Phi) is 4.30. The maximum atomic E-state index is 13.5. The van der Waals surface area contributed by atoms with Crippen molar-refractivity contribution in [1.82, 2.24) is 4.72 Å². The van der Waals surface area contributed by atoms with Crippen LogP contribution in [0.25, 0.3) is 0 Å². The van der Waals surface area contributed by atoms with Crippen molar-refractivity contribution in [1.29, 1.82) is 5.26 Å². The summed E-state index contributed by atoms with van der Waals surface area (Å²) in [5, 5.41) is 19.1. The molecule has 1 aliphatic rings. The second-order valence-electron chi connectivity index (χ2n) is 4.92. The molecular formula is C13H15FN2O4S. The van der Waals surface area contributed by atoms with E-state index >= 15 is 0 Å². The van der Waals surface area contributed by atoms with Crippen molar-refractivity contribution in [3.8, 4) is 6.07 Å². The molecule has 1 aromatic rings. The van der Waals surface area contributed by atoms with Crippen molar-refractivity contribution in [2.75, 3.05) is 13.2 Å². The molecule has 1 fully saturated rings. The van der Waals surface area contributed by atoms with E-state index in [1.807, 2.05) is 0 Å². The van der Waals surface area contributed by atoms with E-state index in [2.05, 4.69) is 4.72 Å². The number of nitrogens with zero attached hydrogens (tertiary/aromatic N) is 1. The van der Waals surface area contributed by atoms with E-state index in [1.54, 1.807) is 6.92 Å². The van der Waals surface area contributed by atoms with Crippen LogP contribution in [0, 0.1) is 17.1 Å². The van der Waals surface area contributed by atoms with Crippen LogP contribution in [0.3, 0.4) is 0 Å². The van der Waals surface area contributed by atoms with Crippen LogP contribution in [-0.4, -0.2) is 38.4 Å². The minimum absolute atomic E-state index is 0.266. The van der Waals surface area contributed by atoms with E-state index < -0.39 is 38.0 Å². The first kappa shape index (κ1) is 15.9. The Bertz CT molecular complexity index is 686. The lowest BCUT2D eigenvalue weighted by atomic mass is 9.97. The largest absolute Gasteiger partial charge is 0.386 e. The third-order valence-corrected chi connectivity index (χ3v) is 5.05. The first-order valence-corrected chi connectivity index (χ1v) is 7.81. The van der Waals surface area contributed by atoms with E-state index in [0.29, 0.717) is 13.0 Å². The molecule has 0 radical (unpaired) electrons. The number of nitrogens with one attached hydrogen (secondary N) is 1. The normalized spacial score (nSPS) is 25.7. The van der Waals surface area contributed by atoms with Gasteiger partial charge in [0, 0.05) is 19.6 Å². The Labute approximate surface area is 122 Å². The number of hydrogen-bond acceptors (Lipinski definition) is 5. The molecule has 1 heterocycles. The monoisotopic (exact) mass is 314 g/mol. The molecule has 0 aromatic heterocycles. The highest BCUT2D eigenvalue weighted by atomic mass is 32.2. The van der Waals surface area contributed by atoms with E-state index in [-0.39, 0.29) is 6.54 Å². The molecule has 0 spiro atoms. The molecule has 2 atom stereocenters. The smallest absolute Gasteiger partial charge is 0.242 e. The van der Waals surface area contributed by atoms with Crippen LogP contribution < -0.4 is 4.72 Å². The zero-order valence-corrected chi connectivity index (χ0v) is 12.2. The SMILES string of the molecule is CC1OCCC1(O)CNS(=O)(=O)c1cccc(F)c1C#N. The van der Waals surface area contributed by atoms with Crippen LogP contribution >= 0.6 is 0 Å². The number of sulfonamides is 1. The molecule has 21 heavy (non-hydrogen) atoms. The van der Waals surface area contributed by atoms with Gasteiger partial charge in [0.1, 0.15) is 27.9 Å². The summed E-state index contributed by atoms with van der Waals surface area (Å²) in [6, 6.07) is 4.90. The van der Waals surface area contributed by atoms with Gasteiger partial charge in [-0.05, 0) is 19.1 Å². The summed E-state index contributed by atoms with van der Waals surface area (Å²) < 4.78 is 45.3. The Balaban J connectivity index is 2.24. The number of aliphatic hydroxyl groups is 1. The van der Waals surface area contributed by atoms with E-state index in [0.717, 1.165) is 12.1 Å². The molecule has 0 saturated carbocycles. The Hall–Kier alpha value is -1.53. The maximum Gasteiger partial charge on any atom is 0.242 e. The van der Waals surface area contributed by atoms with Crippen LogP contribution in [0.2, 0.25) is 0 Å². The fraction of sp³-hybridized carbons (Fsp3) is 0.462. The molecule has 0 aliphatic carbocycles. The standard InChI is InChI=1S/C13H15FN2O4S/c1-9-13(17,5-6-20-9)8-16-21(18,19)12-4-2-3-11(14)10(12)7-15/h2-4,9,16-17H,5-6,8H2,1H3. The van der Waals surface area contributed by atoms with Gasteiger partial charge in [0.15, 0.2) is 0 Å². The Morgan fingerprint density at radius 2 is 2.33 bits per heavy atom. The number of ether oxygens (including phenoxy) is 1. The van der Waals surface area contributed by atoms with Crippen molar-refractivity contribution >= 4 is 10.0 Å². The van der Waals surface area contributed by atoms with Gasteiger partial charge in [0.2, 0.25) is 10.0 Å². The average Bonchev–Trinajstić information content (AvgIpc) is 2.77. The van der Waals surface area contributed by atoms with Gasteiger partial charge in [0.05, 0.1) is 6.10 Å². The number of nitriles is 1. The minimum Gasteiger partial charge on any atom is -0.386 e. The number of rotatable bonds is 4. The molecule has 2 rings (SSSR count). The molecule has 1 aromatic carbocycles. The lowest BCUT2D eigenvalue weighted by molar-refractivity contribution is -0.0228. The topological polar surface area (TPSA) is 99.4 Å². The lowest BCUT2D eigenvalue weighted by Crippen LogP contribution is -2.47. The predicted molar refractivity (Wildman–Crippen MR) is 71.3 cm³/mol. The molecule has 1 saturated heterocycles. The predicted octanol–water partition coefficient (Wildman–Crippen LogP) is 0.516. The second kappa shape index (κ2) is 5.69. The molecule has 0 bridgehead atoms. The molecular weight excluding hydrogens is 299 g/mol. The van der Waals surface area contributed by atoms with Gasteiger partial charge in [-0.2, -0.15) is 5.26 Å². The van der Waals surface area contributed by atoms with Crippen molar-refractivity contribution in [2.24, 2.45) is 0 Å². The quantitative estimate of drug-likeness (QED) is 0.844. The number of hydrogen-bond donors (Lipinski definition) is 2. The lowest BCUT2D eigenvalue weighted by Gasteiger charge is -2.26. The molecule has 1 aliphatic heterocycles. The number of benzene rings is 1. The summed E-state index contributed by atoms with van der Waals surface area (Å²) in [6.45, 7) is 1.71. The molecule has 2 unspecified atom stereocenters. The summed E-state index contributed by atoms with van der Waals surface area (Å²) in [7, 11) is -4.10. The maximum absolute atomic E-state index is 13.5. The van der Waals surface area contributed by atoms with Gasteiger partial charge < -0.3 is 9.84 Å². The Morgan fingerprint density at radius 1 is 1.62 bits per heavy atom. The summed E-state index contributed by atoms with van der Waals surface area (Å²) >= 11 is 0. The molecule has 8 heteroatoms. The van der Waals surface area contributed by atoms with Crippen LogP contribution in [0.15, 0.2) is 23.1 Å². The van der Waals surface area contributed by atoms with Crippen LogP contribution in [0.4, 0.5) is 4.39 Å². The van der Waals surface area contributed by atoms with Crippen LogP contribution in [0.5, 0.6) is 0 Å². The summed E-state index contributed by atoms with van der Waals surface area (Å²) in [5.74, 6) is -0.906. The third kappa shape index (κ3) is 3.06. The van der Waals surface area contributed by atoms with Gasteiger partial charge in [0.25, 0.3) is 0 Å². The molecule has 6 nitrogen and oxygen atoms in total. The van der Waals surface area contributed by atoms with E-state index in [9.17, 15) is 17.9 Å². The fourth-order valence-corrected chi connectivity index (χ4v) is 3.40. The molecule has 114 valence electrons. The first-order chi connectivity index (χ1) is 9.80. The van der Waals surface area contributed by atoms with E-state index in [1.165, 1.54) is 12.1 Å².